The fourth-order valence-electron chi connectivity index (χ4n) is 0.563. The summed E-state index contributed by atoms with van der Waals surface area (Å²) in [6.45, 7) is 0. The first-order chi connectivity index (χ1) is 5.11. The number of nitrogens with zero attached hydrogens (tertiary/aromatic N) is 1. The molecule has 1 aliphatic rings. The zero-order chi connectivity index (χ0) is 8.43. The van der Waals surface area contributed by atoms with Crippen molar-refractivity contribution in [2.24, 2.45) is 0 Å². The van der Waals surface area contributed by atoms with Crippen molar-refractivity contribution >= 4 is 29.3 Å². The molecule has 0 aromatic carbocycles. The van der Waals surface area contributed by atoms with Crippen molar-refractivity contribution in [2.45, 2.75) is 0 Å². The van der Waals surface area contributed by atoms with Gasteiger partial charge in [0.05, 0.1) is 5.03 Å². The Kier molecular flexibility index (Phi) is 2.26. The highest BCUT2D eigenvalue weighted by Gasteiger charge is 2.17. The minimum absolute atomic E-state index is 0.112. The van der Waals surface area contributed by atoms with E-state index >= 15 is 0 Å². The summed E-state index contributed by atoms with van der Waals surface area (Å²) in [4.78, 5) is 10.4. The van der Waals surface area contributed by atoms with Crippen LogP contribution in [0.1, 0.15) is 0 Å². The second-order valence-electron chi connectivity index (χ2n) is 1.77. The molecule has 0 saturated carbocycles. The monoisotopic (exact) mass is 194 g/mol. The Bertz CT molecular complexity index is 249. The van der Waals surface area contributed by atoms with E-state index in [0.717, 1.165) is 4.53 Å². The van der Waals surface area contributed by atoms with Gasteiger partial charge in [0.1, 0.15) is 0 Å². The van der Waals surface area contributed by atoms with E-state index in [4.69, 9.17) is 28.5 Å². The summed E-state index contributed by atoms with van der Waals surface area (Å²) < 4.78 is 0.841. The van der Waals surface area contributed by atoms with Crippen molar-refractivity contribution in [1.29, 1.82) is 0 Å². The van der Waals surface area contributed by atoms with Gasteiger partial charge in [-0.3, -0.25) is 5.43 Å². The number of aliphatic carboxylic acids is 1. The summed E-state index contributed by atoms with van der Waals surface area (Å²) >= 11 is 10.9. The number of carboxylic acids is 1. The van der Waals surface area contributed by atoms with Crippen molar-refractivity contribution < 1.29 is 9.90 Å². The van der Waals surface area contributed by atoms with Gasteiger partial charge in [-0.1, -0.05) is 11.6 Å². The summed E-state index contributed by atoms with van der Waals surface area (Å²) in [5.74, 6) is -1.14. The van der Waals surface area contributed by atoms with Crippen LogP contribution in [0.25, 0.3) is 0 Å². The number of nitrogens with one attached hydrogen (secondary N) is 1. The summed E-state index contributed by atoms with van der Waals surface area (Å²) in [6, 6.07) is 0. The number of hydrogen-bond acceptors (Lipinski definition) is 3. The Hall–Kier alpha value is -0.870. The number of hydrazine groups is 1. The third kappa shape index (κ3) is 1.78. The van der Waals surface area contributed by atoms with Crippen LogP contribution in [0.2, 0.25) is 0 Å². The van der Waals surface area contributed by atoms with E-state index < -0.39 is 5.97 Å². The van der Waals surface area contributed by atoms with Crippen LogP contribution in [0, 0.1) is 0 Å². The molecule has 60 valence electrons. The molecule has 0 spiro atoms. The normalized spacial score (nSPS) is 16.7. The highest BCUT2D eigenvalue weighted by molar-refractivity contribution is 6.31. The average Bonchev–Trinajstić information content (AvgIpc) is 1.94. The lowest BCUT2D eigenvalue weighted by atomic mass is 10.4. The third-order valence-electron chi connectivity index (χ3n) is 1.02. The molecule has 0 radical (unpaired) electrons. The number of rotatable bonds is 1. The van der Waals surface area contributed by atoms with Crippen molar-refractivity contribution in [3.63, 3.8) is 0 Å². The Morgan fingerprint density at radius 2 is 2.36 bits per heavy atom. The maximum absolute atomic E-state index is 10.4. The largest absolute Gasteiger partial charge is 0.476 e. The Balaban J connectivity index is 2.90. The highest BCUT2D eigenvalue weighted by atomic mass is 35.5. The molecule has 0 saturated heterocycles. The van der Waals surface area contributed by atoms with Crippen LogP contribution in [0.3, 0.4) is 0 Å². The van der Waals surface area contributed by atoms with E-state index in [1.807, 2.05) is 0 Å². The molecule has 1 aliphatic heterocycles. The highest BCUT2D eigenvalue weighted by Crippen LogP contribution is 2.15. The average molecular weight is 195 g/mol. The first-order valence-corrected chi connectivity index (χ1v) is 3.35. The topological polar surface area (TPSA) is 52.6 Å². The summed E-state index contributed by atoms with van der Waals surface area (Å²) in [6.07, 6.45) is 2.62. The second kappa shape index (κ2) is 3.02. The molecule has 0 amide bonds. The smallest absolute Gasteiger partial charge is 0.355 e. The molecule has 4 nitrogen and oxygen atoms in total. The maximum Gasteiger partial charge on any atom is 0.355 e. The molecular formula is C5H4Cl2N2O2. The summed E-state index contributed by atoms with van der Waals surface area (Å²) in [5, 5.41) is 8.80. The molecule has 0 aromatic rings. The molecule has 0 atom stereocenters. The van der Waals surface area contributed by atoms with E-state index in [2.05, 4.69) is 5.43 Å². The lowest BCUT2D eigenvalue weighted by molar-refractivity contribution is -0.134. The van der Waals surface area contributed by atoms with E-state index in [-0.39, 0.29) is 5.70 Å². The number of allylic oxidation sites excluding steroid dienone is 2. The Morgan fingerprint density at radius 1 is 1.73 bits per heavy atom. The zero-order valence-corrected chi connectivity index (χ0v) is 6.73. The van der Waals surface area contributed by atoms with Gasteiger partial charge in [-0.2, -0.15) is 4.53 Å². The van der Waals surface area contributed by atoms with Crippen LogP contribution >= 0.6 is 23.4 Å². The molecule has 0 fully saturated rings. The van der Waals surface area contributed by atoms with Gasteiger partial charge >= 0.3 is 5.97 Å². The quantitative estimate of drug-likeness (QED) is 0.613. The van der Waals surface area contributed by atoms with Crippen LogP contribution in [-0.2, 0) is 4.79 Å². The predicted molar refractivity (Wildman–Crippen MR) is 40.5 cm³/mol. The number of halogens is 2. The van der Waals surface area contributed by atoms with Crippen molar-refractivity contribution in [3.05, 3.63) is 23.0 Å². The van der Waals surface area contributed by atoms with Crippen molar-refractivity contribution in [1.82, 2.24) is 9.95 Å². The molecule has 0 aliphatic carbocycles. The van der Waals surface area contributed by atoms with E-state index in [9.17, 15) is 4.79 Å². The molecule has 0 unspecified atom stereocenters. The molecule has 1 heterocycles. The Morgan fingerprint density at radius 3 is 2.82 bits per heavy atom. The molecule has 0 aromatic heterocycles. The first kappa shape index (κ1) is 8.23. The number of carbonyl (C=O) groups is 1. The first-order valence-electron chi connectivity index (χ1n) is 2.64. The van der Waals surface area contributed by atoms with Crippen LogP contribution < -0.4 is 5.43 Å². The van der Waals surface area contributed by atoms with Gasteiger partial charge in [-0.15, -0.1) is 0 Å². The summed E-state index contributed by atoms with van der Waals surface area (Å²) in [7, 11) is 0. The van der Waals surface area contributed by atoms with E-state index in [1.54, 1.807) is 0 Å². The van der Waals surface area contributed by atoms with Gasteiger partial charge in [-0.05, 0) is 6.08 Å². The minimum atomic E-state index is -1.14. The van der Waals surface area contributed by atoms with Gasteiger partial charge in [0.2, 0.25) is 0 Å². The van der Waals surface area contributed by atoms with Crippen LogP contribution in [0.15, 0.2) is 23.0 Å². The number of hydrogen-bond donors (Lipinski definition) is 2. The van der Waals surface area contributed by atoms with Crippen LogP contribution in [0.5, 0.6) is 0 Å². The van der Waals surface area contributed by atoms with Crippen LogP contribution in [-0.4, -0.2) is 15.6 Å². The number of carboxylic acid groups (broad SMARTS) is 1. The zero-order valence-electron chi connectivity index (χ0n) is 5.21. The van der Waals surface area contributed by atoms with E-state index in [0.29, 0.717) is 5.03 Å². The van der Waals surface area contributed by atoms with Crippen molar-refractivity contribution in [2.75, 3.05) is 0 Å². The van der Waals surface area contributed by atoms with Gasteiger partial charge in [0.15, 0.2) is 5.70 Å². The standard InChI is InChI=1S/C5H4Cl2N2O2/c6-3-1-4(5(10)11)9(7)8-2-3/h1-2,8H,(H,10,11). The van der Waals surface area contributed by atoms with Gasteiger partial charge in [-0.25, -0.2) is 4.79 Å². The lowest BCUT2D eigenvalue weighted by Gasteiger charge is -2.18. The van der Waals surface area contributed by atoms with Gasteiger partial charge in [0.25, 0.3) is 0 Å². The molecule has 0 bridgehead atoms. The fraction of sp³-hybridized carbons (Fsp3) is 0. The third-order valence-corrected chi connectivity index (χ3v) is 1.52. The predicted octanol–water partition coefficient (Wildman–Crippen LogP) is 1.01. The molecule has 6 heteroatoms. The SMILES string of the molecule is O=C(O)C1=CC(Cl)=CNN1Cl. The van der Waals surface area contributed by atoms with E-state index in [1.165, 1.54) is 12.3 Å². The fourth-order valence-corrected chi connectivity index (χ4v) is 0.885. The second-order valence-corrected chi connectivity index (χ2v) is 2.55. The van der Waals surface area contributed by atoms with Gasteiger partial charge < -0.3 is 5.11 Å². The minimum Gasteiger partial charge on any atom is -0.476 e. The van der Waals surface area contributed by atoms with Crippen molar-refractivity contribution in [3.8, 4) is 0 Å². The summed E-state index contributed by atoms with van der Waals surface area (Å²) in [5.41, 5.74) is 2.31. The Labute approximate surface area is 72.8 Å². The molecule has 2 N–H and O–H groups in total. The molecule has 1 rings (SSSR count). The molecular weight excluding hydrogens is 191 g/mol. The maximum atomic E-state index is 10.4. The molecule has 11 heavy (non-hydrogen) atoms. The van der Waals surface area contributed by atoms with Gasteiger partial charge in [0, 0.05) is 18.0 Å². The lowest BCUT2D eigenvalue weighted by Crippen LogP contribution is -2.30. The van der Waals surface area contributed by atoms with Crippen LogP contribution in [0.4, 0.5) is 0 Å².